The van der Waals surface area contributed by atoms with Gasteiger partial charge in [-0.2, -0.15) is 0 Å². The van der Waals surface area contributed by atoms with Gasteiger partial charge in [-0.05, 0) is 55.9 Å². The average molecular weight is 354 g/mol. The first kappa shape index (κ1) is 20.0. The van der Waals surface area contributed by atoms with Gasteiger partial charge in [0.2, 0.25) is 0 Å². The van der Waals surface area contributed by atoms with Crippen LogP contribution in [-0.4, -0.2) is 12.0 Å². The van der Waals surface area contributed by atoms with Crippen molar-refractivity contribution < 1.29 is 9.53 Å². The molecule has 0 bridgehead atoms. The van der Waals surface area contributed by atoms with Gasteiger partial charge in [0.25, 0.3) is 5.91 Å². The lowest BCUT2D eigenvalue weighted by Crippen LogP contribution is -2.37. The van der Waals surface area contributed by atoms with Crippen molar-refractivity contribution in [1.82, 2.24) is 5.32 Å². The van der Waals surface area contributed by atoms with Crippen molar-refractivity contribution in [2.24, 2.45) is 0 Å². The Labute approximate surface area is 157 Å². The Morgan fingerprint density at radius 1 is 1.00 bits per heavy atom. The Bertz CT molecular complexity index is 757. The van der Waals surface area contributed by atoms with E-state index in [-0.39, 0.29) is 17.4 Å². The topological polar surface area (TPSA) is 38.3 Å². The molecule has 3 nitrogen and oxygen atoms in total. The zero-order valence-corrected chi connectivity index (χ0v) is 17.0. The molecule has 2 atom stereocenters. The molecule has 0 radical (unpaired) electrons. The quantitative estimate of drug-likeness (QED) is 0.798. The Morgan fingerprint density at radius 2 is 1.62 bits per heavy atom. The minimum absolute atomic E-state index is 0.0679. The first-order chi connectivity index (χ1) is 12.1. The summed E-state index contributed by atoms with van der Waals surface area (Å²) in [6.07, 6.45) is -0.548. The second-order valence-corrected chi connectivity index (χ2v) is 8.13. The number of nitrogens with one attached hydrogen (secondary N) is 1. The van der Waals surface area contributed by atoms with E-state index in [1.165, 1.54) is 11.1 Å². The highest BCUT2D eigenvalue weighted by Gasteiger charge is 2.19. The van der Waals surface area contributed by atoms with Crippen molar-refractivity contribution in [2.75, 3.05) is 0 Å². The van der Waals surface area contributed by atoms with Gasteiger partial charge in [-0.3, -0.25) is 4.79 Å². The maximum atomic E-state index is 12.5. The summed E-state index contributed by atoms with van der Waals surface area (Å²) in [4.78, 5) is 12.5. The van der Waals surface area contributed by atoms with Crippen molar-refractivity contribution in [2.45, 2.75) is 66.0 Å². The molecule has 1 amide bonds. The first-order valence-corrected chi connectivity index (χ1v) is 9.22. The van der Waals surface area contributed by atoms with Gasteiger partial charge in [-0.15, -0.1) is 0 Å². The summed E-state index contributed by atoms with van der Waals surface area (Å²) < 4.78 is 5.85. The van der Waals surface area contributed by atoms with E-state index in [0.717, 1.165) is 16.9 Å². The number of aryl methyl sites for hydroxylation is 2. The van der Waals surface area contributed by atoms with Crippen LogP contribution >= 0.6 is 0 Å². The SMILES string of the molecule is Cc1ccc(O[C@H](C)C(=O)N[C@@H](C)c2ccc(C(C)(C)C)cc2)c(C)c1. The molecule has 0 fully saturated rings. The van der Waals surface area contributed by atoms with E-state index in [4.69, 9.17) is 4.74 Å². The lowest BCUT2D eigenvalue weighted by Gasteiger charge is -2.22. The van der Waals surface area contributed by atoms with Gasteiger partial charge in [0, 0.05) is 0 Å². The summed E-state index contributed by atoms with van der Waals surface area (Å²) in [6, 6.07) is 14.3. The summed E-state index contributed by atoms with van der Waals surface area (Å²) in [5.74, 6) is 0.637. The van der Waals surface area contributed by atoms with Crippen LogP contribution < -0.4 is 10.1 Å². The third kappa shape index (κ3) is 5.10. The molecule has 0 aromatic heterocycles. The highest BCUT2D eigenvalue weighted by Crippen LogP contribution is 2.24. The summed E-state index contributed by atoms with van der Waals surface area (Å²) in [5.41, 5.74) is 4.71. The van der Waals surface area contributed by atoms with Gasteiger partial charge in [0.15, 0.2) is 6.10 Å². The highest BCUT2D eigenvalue weighted by atomic mass is 16.5. The number of carbonyl (C=O) groups excluding carboxylic acids is 1. The maximum absolute atomic E-state index is 12.5. The zero-order chi connectivity index (χ0) is 19.5. The fraction of sp³-hybridized carbons (Fsp3) is 0.435. The first-order valence-electron chi connectivity index (χ1n) is 9.22. The number of carbonyl (C=O) groups is 1. The van der Waals surface area contributed by atoms with Gasteiger partial charge < -0.3 is 10.1 Å². The van der Waals surface area contributed by atoms with Gasteiger partial charge in [0.1, 0.15) is 5.75 Å². The molecule has 1 N–H and O–H groups in total. The van der Waals surface area contributed by atoms with Crippen molar-refractivity contribution in [3.8, 4) is 5.75 Å². The summed E-state index contributed by atoms with van der Waals surface area (Å²) in [5, 5.41) is 3.04. The largest absolute Gasteiger partial charge is 0.481 e. The predicted octanol–water partition coefficient (Wildman–Crippen LogP) is 5.25. The minimum atomic E-state index is -0.548. The van der Waals surface area contributed by atoms with Crippen molar-refractivity contribution in [3.05, 3.63) is 64.7 Å². The smallest absolute Gasteiger partial charge is 0.261 e. The van der Waals surface area contributed by atoms with Gasteiger partial charge in [-0.25, -0.2) is 0 Å². The van der Waals surface area contributed by atoms with Gasteiger partial charge >= 0.3 is 0 Å². The lowest BCUT2D eigenvalue weighted by atomic mass is 9.86. The van der Waals surface area contributed by atoms with Crippen molar-refractivity contribution in [1.29, 1.82) is 0 Å². The maximum Gasteiger partial charge on any atom is 0.261 e. The van der Waals surface area contributed by atoms with Gasteiger partial charge in [-0.1, -0.05) is 62.7 Å². The molecular weight excluding hydrogens is 322 g/mol. The van der Waals surface area contributed by atoms with E-state index < -0.39 is 6.10 Å². The standard InChI is InChI=1S/C23H31NO2/c1-15-8-13-21(16(2)14-15)26-18(4)22(25)24-17(3)19-9-11-20(12-10-19)23(5,6)7/h8-14,17-18H,1-7H3,(H,24,25)/t17-,18+/m0/s1. The third-order valence-electron chi connectivity index (χ3n) is 4.64. The molecule has 26 heavy (non-hydrogen) atoms. The van der Waals surface area contributed by atoms with E-state index in [0.29, 0.717) is 0 Å². The molecule has 2 rings (SSSR count). The molecule has 0 saturated carbocycles. The number of amides is 1. The Balaban J connectivity index is 1.99. The van der Waals surface area contributed by atoms with E-state index in [9.17, 15) is 4.79 Å². The lowest BCUT2D eigenvalue weighted by molar-refractivity contribution is -0.127. The summed E-state index contributed by atoms with van der Waals surface area (Å²) in [7, 11) is 0. The molecule has 0 unspecified atom stereocenters. The van der Waals surface area contributed by atoms with Crippen LogP contribution in [0.2, 0.25) is 0 Å². The van der Waals surface area contributed by atoms with Crippen LogP contribution in [0, 0.1) is 13.8 Å². The van der Waals surface area contributed by atoms with Crippen LogP contribution in [0.4, 0.5) is 0 Å². The van der Waals surface area contributed by atoms with Crippen LogP contribution in [0.1, 0.15) is 62.9 Å². The highest BCUT2D eigenvalue weighted by molar-refractivity contribution is 5.81. The monoisotopic (exact) mass is 353 g/mol. The molecule has 0 spiro atoms. The number of hydrogen-bond acceptors (Lipinski definition) is 2. The number of rotatable bonds is 5. The molecule has 2 aromatic carbocycles. The summed E-state index contributed by atoms with van der Waals surface area (Å²) >= 11 is 0. The average Bonchev–Trinajstić information content (AvgIpc) is 2.56. The molecule has 3 heteroatoms. The minimum Gasteiger partial charge on any atom is -0.481 e. The van der Waals surface area contributed by atoms with E-state index in [1.807, 2.05) is 32.9 Å². The van der Waals surface area contributed by atoms with E-state index >= 15 is 0 Å². The molecule has 0 aliphatic heterocycles. The van der Waals surface area contributed by atoms with Crippen molar-refractivity contribution >= 4 is 5.91 Å². The van der Waals surface area contributed by atoms with E-state index in [2.05, 4.69) is 56.4 Å². The Hall–Kier alpha value is -2.29. The fourth-order valence-corrected chi connectivity index (χ4v) is 2.86. The van der Waals surface area contributed by atoms with Crippen LogP contribution in [0.5, 0.6) is 5.75 Å². The van der Waals surface area contributed by atoms with Crippen molar-refractivity contribution in [3.63, 3.8) is 0 Å². The number of ether oxygens (including phenoxy) is 1. The molecule has 140 valence electrons. The van der Waals surface area contributed by atoms with Crippen LogP contribution in [0.25, 0.3) is 0 Å². The molecule has 2 aromatic rings. The van der Waals surface area contributed by atoms with Gasteiger partial charge in [0.05, 0.1) is 6.04 Å². The molecular formula is C23H31NO2. The van der Waals surface area contributed by atoms with Crippen LogP contribution in [-0.2, 0) is 10.2 Å². The Kier molecular flexibility index (Phi) is 6.12. The van der Waals surface area contributed by atoms with Crippen LogP contribution in [0.15, 0.2) is 42.5 Å². The molecule has 0 heterocycles. The third-order valence-corrected chi connectivity index (χ3v) is 4.64. The van der Waals surface area contributed by atoms with Crippen LogP contribution in [0.3, 0.4) is 0 Å². The Morgan fingerprint density at radius 3 is 2.15 bits per heavy atom. The summed E-state index contributed by atoms with van der Waals surface area (Å²) in [6.45, 7) is 14.4. The number of hydrogen-bond donors (Lipinski definition) is 1. The predicted molar refractivity (Wildman–Crippen MR) is 108 cm³/mol. The molecule has 0 aliphatic rings. The number of benzene rings is 2. The normalized spacial score (nSPS) is 13.8. The second-order valence-electron chi connectivity index (χ2n) is 8.13. The molecule has 0 aliphatic carbocycles. The zero-order valence-electron chi connectivity index (χ0n) is 17.0. The van der Waals surface area contributed by atoms with E-state index in [1.54, 1.807) is 6.92 Å². The fourth-order valence-electron chi connectivity index (χ4n) is 2.86. The molecule has 0 saturated heterocycles. The second kappa shape index (κ2) is 7.94.